The number of rotatable bonds is 7. The summed E-state index contributed by atoms with van der Waals surface area (Å²) in [7, 11) is -3.48. The number of hydrogen-bond donors (Lipinski definition) is 2. The van der Waals surface area contributed by atoms with Crippen LogP contribution in [0.25, 0.3) is 0 Å². The molecule has 0 saturated carbocycles. The van der Waals surface area contributed by atoms with E-state index < -0.39 is 16.0 Å². The molecule has 1 atom stereocenters. The summed E-state index contributed by atoms with van der Waals surface area (Å²) < 4.78 is 25.8. The van der Waals surface area contributed by atoms with Gasteiger partial charge in [0.2, 0.25) is 15.9 Å². The summed E-state index contributed by atoms with van der Waals surface area (Å²) in [6.07, 6.45) is 1.03. The summed E-state index contributed by atoms with van der Waals surface area (Å²) >= 11 is 1.49. The number of thiophene rings is 1. The molecule has 2 aromatic rings. The van der Waals surface area contributed by atoms with Crippen molar-refractivity contribution in [2.24, 2.45) is 5.10 Å². The van der Waals surface area contributed by atoms with Gasteiger partial charge in [0, 0.05) is 18.4 Å². The fourth-order valence-corrected chi connectivity index (χ4v) is 4.26. The smallest absolute Gasteiger partial charge is 0.303 e. The summed E-state index contributed by atoms with van der Waals surface area (Å²) in [5.74, 6) is -1.44. The minimum absolute atomic E-state index is 0.157. The number of amides is 1. The first-order valence-corrected chi connectivity index (χ1v) is 11.3. The van der Waals surface area contributed by atoms with Gasteiger partial charge >= 0.3 is 5.97 Å². The zero-order valence-corrected chi connectivity index (χ0v) is 16.7. The lowest BCUT2D eigenvalue weighted by molar-refractivity contribution is -0.141. The maximum absolute atomic E-state index is 12.6. The number of carboxylic acid groups (broad SMARTS) is 1. The van der Waals surface area contributed by atoms with Crippen molar-refractivity contribution in [2.75, 3.05) is 11.0 Å². The molecule has 2 N–H and O–H groups in total. The van der Waals surface area contributed by atoms with E-state index in [2.05, 4.69) is 9.82 Å². The normalized spacial score (nSPS) is 16.7. The Bertz CT molecular complexity index is 1020. The molecule has 0 fully saturated rings. The summed E-state index contributed by atoms with van der Waals surface area (Å²) in [5, 5.41) is 18.4. The van der Waals surface area contributed by atoms with Gasteiger partial charge in [-0.15, -0.1) is 0 Å². The Morgan fingerprint density at radius 2 is 2.04 bits per heavy atom. The molecular weight excluding hydrogens is 402 g/mol. The predicted molar refractivity (Wildman–Crippen MR) is 107 cm³/mol. The standard InChI is InChI=1S/C18H19N3O5S2/c1-28(25,26)20-14-5-3-2-4-13(14)15-10-16(12-8-9-27-11-12)21(19-15)17(22)6-7-18(23)24/h2-5,8-9,11,16,20H,6-7,10H2,1H3,(H,23,24)/t16-/m0/s1. The van der Waals surface area contributed by atoms with Crippen LogP contribution in [0.3, 0.4) is 0 Å². The largest absolute Gasteiger partial charge is 0.481 e. The van der Waals surface area contributed by atoms with Crippen LogP contribution in [0.2, 0.25) is 0 Å². The van der Waals surface area contributed by atoms with Gasteiger partial charge in [-0.05, 0) is 28.5 Å². The number of carboxylic acids is 1. The first kappa shape index (κ1) is 20.0. The molecule has 0 bridgehead atoms. The lowest BCUT2D eigenvalue weighted by Crippen LogP contribution is -2.27. The maximum Gasteiger partial charge on any atom is 0.303 e. The Hall–Kier alpha value is -2.72. The van der Waals surface area contributed by atoms with E-state index in [1.54, 1.807) is 24.3 Å². The molecule has 0 unspecified atom stereocenters. The van der Waals surface area contributed by atoms with Gasteiger partial charge in [-0.1, -0.05) is 18.2 Å². The van der Waals surface area contributed by atoms with E-state index in [9.17, 15) is 18.0 Å². The second-order valence-corrected chi connectivity index (χ2v) is 8.90. The third-order valence-electron chi connectivity index (χ3n) is 4.18. The monoisotopic (exact) mass is 421 g/mol. The summed E-state index contributed by atoms with van der Waals surface area (Å²) in [5.41, 5.74) is 2.43. The van der Waals surface area contributed by atoms with E-state index in [0.717, 1.165) is 11.8 Å². The topological polar surface area (TPSA) is 116 Å². The van der Waals surface area contributed by atoms with Crippen LogP contribution in [-0.2, 0) is 19.6 Å². The van der Waals surface area contributed by atoms with Crippen LogP contribution in [0.15, 0.2) is 46.2 Å². The van der Waals surface area contributed by atoms with Crippen LogP contribution in [0.4, 0.5) is 5.69 Å². The van der Waals surface area contributed by atoms with Crippen molar-refractivity contribution in [1.82, 2.24) is 5.01 Å². The number of anilines is 1. The average molecular weight is 422 g/mol. The molecule has 0 radical (unpaired) electrons. The van der Waals surface area contributed by atoms with E-state index in [0.29, 0.717) is 23.4 Å². The zero-order valence-electron chi connectivity index (χ0n) is 15.0. The Labute approximate surface area is 166 Å². The second kappa shape index (κ2) is 8.11. The van der Waals surface area contributed by atoms with Gasteiger partial charge in [0.1, 0.15) is 0 Å². The quantitative estimate of drug-likeness (QED) is 0.713. The van der Waals surface area contributed by atoms with E-state index in [1.807, 2.05) is 16.8 Å². The highest BCUT2D eigenvalue weighted by molar-refractivity contribution is 7.92. The van der Waals surface area contributed by atoms with Gasteiger partial charge in [0.25, 0.3) is 0 Å². The highest BCUT2D eigenvalue weighted by Crippen LogP contribution is 2.35. The van der Waals surface area contributed by atoms with Crippen molar-refractivity contribution in [3.05, 3.63) is 52.2 Å². The number of hydrazone groups is 1. The van der Waals surface area contributed by atoms with Crippen LogP contribution in [-0.4, -0.2) is 42.4 Å². The molecule has 1 aromatic carbocycles. The molecule has 148 valence electrons. The SMILES string of the molecule is CS(=O)(=O)Nc1ccccc1C1=NN(C(=O)CCC(=O)O)[C@H](c2ccsc2)C1. The third-order valence-corrected chi connectivity index (χ3v) is 5.47. The van der Waals surface area contributed by atoms with E-state index in [4.69, 9.17) is 5.11 Å². The number of nitrogens with zero attached hydrogens (tertiary/aromatic N) is 2. The Balaban J connectivity index is 1.95. The molecule has 1 aliphatic rings. The Morgan fingerprint density at radius 1 is 1.29 bits per heavy atom. The molecule has 3 rings (SSSR count). The summed E-state index contributed by atoms with van der Waals surface area (Å²) in [4.78, 5) is 23.4. The number of carbonyl (C=O) groups is 2. The van der Waals surface area contributed by atoms with Crippen molar-refractivity contribution in [3.8, 4) is 0 Å². The number of sulfonamides is 1. The first-order chi connectivity index (χ1) is 13.2. The number of para-hydroxylation sites is 1. The maximum atomic E-state index is 12.6. The van der Waals surface area contributed by atoms with E-state index >= 15 is 0 Å². The Morgan fingerprint density at radius 3 is 2.68 bits per heavy atom. The van der Waals surface area contributed by atoms with Crippen molar-refractivity contribution in [1.29, 1.82) is 0 Å². The van der Waals surface area contributed by atoms with Gasteiger partial charge < -0.3 is 5.11 Å². The van der Waals surface area contributed by atoms with Crippen LogP contribution in [0, 0.1) is 0 Å². The second-order valence-electron chi connectivity index (χ2n) is 6.38. The van der Waals surface area contributed by atoms with Crippen LogP contribution < -0.4 is 4.72 Å². The van der Waals surface area contributed by atoms with Crippen molar-refractivity contribution in [2.45, 2.75) is 25.3 Å². The number of benzene rings is 1. The van der Waals surface area contributed by atoms with Gasteiger partial charge in [0.05, 0.1) is 30.1 Å². The van der Waals surface area contributed by atoms with Gasteiger partial charge in [0.15, 0.2) is 0 Å². The molecule has 2 heterocycles. The van der Waals surface area contributed by atoms with E-state index in [1.165, 1.54) is 16.3 Å². The Kier molecular flexibility index (Phi) is 5.80. The number of aliphatic carboxylic acids is 1. The van der Waals surface area contributed by atoms with E-state index in [-0.39, 0.29) is 24.8 Å². The van der Waals surface area contributed by atoms with Crippen LogP contribution >= 0.6 is 11.3 Å². The molecule has 10 heteroatoms. The fourth-order valence-electron chi connectivity index (χ4n) is 2.98. The minimum atomic E-state index is -3.48. The minimum Gasteiger partial charge on any atom is -0.481 e. The van der Waals surface area contributed by atoms with Crippen molar-refractivity contribution in [3.63, 3.8) is 0 Å². The summed E-state index contributed by atoms with van der Waals surface area (Å²) in [6.45, 7) is 0. The molecule has 0 spiro atoms. The predicted octanol–water partition coefficient (Wildman–Crippen LogP) is 2.66. The molecule has 0 saturated heterocycles. The number of hydrogen-bond acceptors (Lipinski definition) is 6. The first-order valence-electron chi connectivity index (χ1n) is 8.45. The van der Waals surface area contributed by atoms with Crippen LogP contribution in [0.5, 0.6) is 0 Å². The highest BCUT2D eigenvalue weighted by Gasteiger charge is 2.34. The van der Waals surface area contributed by atoms with Crippen molar-refractivity contribution >= 4 is 44.6 Å². The van der Waals surface area contributed by atoms with Gasteiger partial charge in [-0.2, -0.15) is 16.4 Å². The lowest BCUT2D eigenvalue weighted by atomic mass is 9.99. The van der Waals surface area contributed by atoms with Gasteiger partial charge in [-0.3, -0.25) is 14.3 Å². The molecule has 1 amide bonds. The molecule has 0 aliphatic carbocycles. The molecule has 1 aromatic heterocycles. The molecule has 1 aliphatic heterocycles. The summed E-state index contributed by atoms with van der Waals surface area (Å²) in [6, 6.07) is 8.38. The third kappa shape index (κ3) is 4.76. The molecule has 28 heavy (non-hydrogen) atoms. The molecule has 8 nitrogen and oxygen atoms in total. The lowest BCUT2D eigenvalue weighted by Gasteiger charge is -2.20. The van der Waals surface area contributed by atoms with Gasteiger partial charge in [-0.25, -0.2) is 13.4 Å². The van der Waals surface area contributed by atoms with Crippen LogP contribution in [0.1, 0.15) is 36.4 Å². The highest BCUT2D eigenvalue weighted by atomic mass is 32.2. The fraction of sp³-hybridized carbons (Fsp3) is 0.278. The number of nitrogens with one attached hydrogen (secondary N) is 1. The number of carbonyl (C=O) groups excluding carboxylic acids is 1. The average Bonchev–Trinajstić information content (AvgIpc) is 3.28. The zero-order chi connectivity index (χ0) is 20.3. The van der Waals surface area contributed by atoms with Crippen molar-refractivity contribution < 1.29 is 23.1 Å². The molecular formula is C18H19N3O5S2.